The van der Waals surface area contributed by atoms with Crippen molar-refractivity contribution in [2.45, 2.75) is 0 Å². The molecule has 96 valence electrons. The highest BCUT2D eigenvalue weighted by atomic mass is 35.5. The zero-order valence-electron chi connectivity index (χ0n) is 10.1. The van der Waals surface area contributed by atoms with Crippen LogP contribution in [0.15, 0.2) is 30.5 Å². The van der Waals surface area contributed by atoms with Crippen molar-refractivity contribution in [2.75, 3.05) is 5.73 Å². The fraction of sp³-hybridized carbons (Fsp3) is 0.0769. The largest absolute Gasteiger partial charge is 0.382 e. The summed E-state index contributed by atoms with van der Waals surface area (Å²) in [4.78, 5) is 8.55. The molecule has 0 atom stereocenters. The van der Waals surface area contributed by atoms with Gasteiger partial charge in [0.15, 0.2) is 5.82 Å². The Morgan fingerprint density at radius 2 is 1.84 bits per heavy atom. The van der Waals surface area contributed by atoms with Crippen LogP contribution < -0.4 is 5.73 Å². The van der Waals surface area contributed by atoms with Gasteiger partial charge in [0.1, 0.15) is 11.3 Å². The molecule has 3 aromatic rings. The first-order chi connectivity index (χ1) is 9.09. The Hall–Kier alpha value is -1.78. The Morgan fingerprint density at radius 1 is 1.16 bits per heavy atom. The number of hydrogen-bond acceptors (Lipinski definition) is 3. The Kier molecular flexibility index (Phi) is 2.84. The predicted octanol–water partition coefficient (Wildman–Crippen LogP) is 3.52. The molecule has 3 rings (SSSR count). The van der Waals surface area contributed by atoms with Gasteiger partial charge in [0.05, 0.1) is 21.1 Å². The lowest BCUT2D eigenvalue weighted by Gasteiger charge is -2.06. The molecule has 0 aliphatic carbocycles. The molecule has 1 aromatic carbocycles. The number of hydrogen-bond donors (Lipinski definition) is 1. The zero-order chi connectivity index (χ0) is 13.6. The number of rotatable bonds is 1. The maximum atomic E-state index is 6.22. The van der Waals surface area contributed by atoms with E-state index in [2.05, 4.69) is 9.97 Å². The van der Waals surface area contributed by atoms with Crippen LogP contribution in [0.25, 0.3) is 22.4 Å². The van der Waals surface area contributed by atoms with Crippen molar-refractivity contribution in [3.63, 3.8) is 0 Å². The van der Waals surface area contributed by atoms with Gasteiger partial charge in [-0.3, -0.25) is 0 Å². The standard InChI is InChI=1S/C13H10Cl2N4/c1-19-9-5-6-17-12(16)11(9)18-13(19)10-7(14)3-2-4-8(10)15/h2-6H,1H3,(H2,16,17). The van der Waals surface area contributed by atoms with Crippen molar-refractivity contribution < 1.29 is 0 Å². The summed E-state index contributed by atoms with van der Waals surface area (Å²) in [5.74, 6) is 1.06. The number of nitrogens with two attached hydrogens (primary N) is 1. The van der Waals surface area contributed by atoms with Crippen molar-refractivity contribution in [2.24, 2.45) is 7.05 Å². The monoisotopic (exact) mass is 292 g/mol. The Bertz CT molecular complexity index is 759. The quantitative estimate of drug-likeness (QED) is 0.746. The van der Waals surface area contributed by atoms with Crippen LogP contribution in [-0.4, -0.2) is 14.5 Å². The Labute approximate surface area is 119 Å². The number of imidazole rings is 1. The Morgan fingerprint density at radius 3 is 2.47 bits per heavy atom. The summed E-state index contributed by atoms with van der Waals surface area (Å²) in [6, 6.07) is 7.22. The van der Waals surface area contributed by atoms with E-state index in [0.717, 1.165) is 5.52 Å². The van der Waals surface area contributed by atoms with Gasteiger partial charge in [-0.15, -0.1) is 0 Å². The summed E-state index contributed by atoms with van der Waals surface area (Å²) >= 11 is 12.4. The summed E-state index contributed by atoms with van der Waals surface area (Å²) in [6.07, 6.45) is 1.65. The second kappa shape index (κ2) is 4.40. The third-order valence-corrected chi connectivity index (χ3v) is 3.64. The third-order valence-electron chi connectivity index (χ3n) is 3.01. The van der Waals surface area contributed by atoms with Gasteiger partial charge in [0, 0.05) is 13.2 Å². The van der Waals surface area contributed by atoms with Crippen LogP contribution in [0, 0.1) is 0 Å². The van der Waals surface area contributed by atoms with Gasteiger partial charge >= 0.3 is 0 Å². The van der Waals surface area contributed by atoms with Gasteiger partial charge in [-0.1, -0.05) is 29.3 Å². The first-order valence-electron chi connectivity index (χ1n) is 5.61. The van der Waals surface area contributed by atoms with Gasteiger partial charge < -0.3 is 10.3 Å². The molecule has 0 bridgehead atoms. The van der Waals surface area contributed by atoms with Gasteiger partial charge in [0.2, 0.25) is 0 Å². The highest BCUT2D eigenvalue weighted by Gasteiger charge is 2.17. The molecule has 19 heavy (non-hydrogen) atoms. The lowest BCUT2D eigenvalue weighted by Crippen LogP contribution is -1.94. The van der Waals surface area contributed by atoms with Gasteiger partial charge in [-0.05, 0) is 18.2 Å². The molecule has 6 heteroatoms. The number of aromatic nitrogens is 3. The minimum Gasteiger partial charge on any atom is -0.382 e. The molecule has 0 radical (unpaired) electrons. The molecule has 0 saturated carbocycles. The second-order valence-corrected chi connectivity index (χ2v) is 4.97. The topological polar surface area (TPSA) is 56.7 Å². The second-order valence-electron chi connectivity index (χ2n) is 4.16. The van der Waals surface area contributed by atoms with E-state index in [-0.39, 0.29) is 0 Å². The first-order valence-corrected chi connectivity index (χ1v) is 6.36. The summed E-state index contributed by atoms with van der Waals surface area (Å²) in [6.45, 7) is 0. The van der Waals surface area contributed by atoms with E-state index in [0.29, 0.717) is 32.8 Å². The summed E-state index contributed by atoms with van der Waals surface area (Å²) in [5.41, 5.74) is 8.07. The van der Waals surface area contributed by atoms with E-state index < -0.39 is 0 Å². The first kappa shape index (κ1) is 12.3. The number of halogens is 2. The number of aryl methyl sites for hydroxylation is 1. The summed E-state index contributed by atoms with van der Waals surface area (Å²) in [5, 5.41) is 1.11. The van der Waals surface area contributed by atoms with Crippen LogP contribution in [0.2, 0.25) is 10.0 Å². The van der Waals surface area contributed by atoms with E-state index in [1.165, 1.54) is 0 Å². The molecule has 0 saturated heterocycles. The maximum absolute atomic E-state index is 6.22. The lowest BCUT2D eigenvalue weighted by molar-refractivity contribution is 0.959. The molecule has 2 heterocycles. The summed E-state index contributed by atoms with van der Waals surface area (Å²) in [7, 11) is 1.89. The van der Waals surface area contributed by atoms with Crippen molar-refractivity contribution in [1.82, 2.24) is 14.5 Å². The predicted molar refractivity (Wildman–Crippen MR) is 78.4 cm³/mol. The zero-order valence-corrected chi connectivity index (χ0v) is 11.6. The molecule has 2 aromatic heterocycles. The van der Waals surface area contributed by atoms with Gasteiger partial charge in [-0.25, -0.2) is 9.97 Å². The van der Waals surface area contributed by atoms with Crippen LogP contribution in [0.1, 0.15) is 0 Å². The number of pyridine rings is 1. The maximum Gasteiger partial charge on any atom is 0.151 e. The lowest BCUT2D eigenvalue weighted by atomic mass is 10.2. The van der Waals surface area contributed by atoms with E-state index in [1.54, 1.807) is 24.4 Å². The minimum atomic E-state index is 0.391. The number of benzene rings is 1. The van der Waals surface area contributed by atoms with Crippen molar-refractivity contribution in [3.8, 4) is 11.4 Å². The molecule has 0 unspecified atom stereocenters. The molecule has 0 aliphatic heterocycles. The molecule has 0 fully saturated rings. The molecule has 2 N–H and O–H groups in total. The SMILES string of the molecule is Cn1c(-c2c(Cl)cccc2Cl)nc2c(N)nccc21. The van der Waals surface area contributed by atoms with Crippen LogP contribution >= 0.6 is 23.2 Å². The average molecular weight is 293 g/mol. The van der Waals surface area contributed by atoms with Crippen LogP contribution in [-0.2, 0) is 7.05 Å². The number of nitrogens with zero attached hydrogens (tertiary/aromatic N) is 3. The van der Waals surface area contributed by atoms with Crippen molar-refractivity contribution in [1.29, 1.82) is 0 Å². The van der Waals surface area contributed by atoms with Gasteiger partial charge in [-0.2, -0.15) is 0 Å². The normalized spacial score (nSPS) is 11.1. The highest BCUT2D eigenvalue weighted by molar-refractivity contribution is 6.39. The fourth-order valence-corrected chi connectivity index (χ4v) is 2.64. The molecule has 0 amide bonds. The number of fused-ring (bicyclic) bond motifs is 1. The van der Waals surface area contributed by atoms with Gasteiger partial charge in [0.25, 0.3) is 0 Å². The van der Waals surface area contributed by atoms with Crippen molar-refractivity contribution >= 4 is 40.1 Å². The van der Waals surface area contributed by atoms with E-state index in [1.807, 2.05) is 17.7 Å². The molecular formula is C13H10Cl2N4. The molecular weight excluding hydrogens is 283 g/mol. The average Bonchev–Trinajstić information content (AvgIpc) is 2.69. The highest BCUT2D eigenvalue weighted by Crippen LogP contribution is 2.35. The van der Waals surface area contributed by atoms with E-state index >= 15 is 0 Å². The number of nitrogen functional groups attached to an aromatic ring is 1. The molecule has 0 aliphatic rings. The molecule has 4 nitrogen and oxygen atoms in total. The summed E-state index contributed by atoms with van der Waals surface area (Å²) < 4.78 is 1.90. The fourth-order valence-electron chi connectivity index (χ4n) is 2.07. The number of anilines is 1. The Balaban J connectivity index is 2.38. The van der Waals surface area contributed by atoms with E-state index in [9.17, 15) is 0 Å². The van der Waals surface area contributed by atoms with Crippen molar-refractivity contribution in [3.05, 3.63) is 40.5 Å². The van der Waals surface area contributed by atoms with Crippen LogP contribution in [0.5, 0.6) is 0 Å². The smallest absolute Gasteiger partial charge is 0.151 e. The van der Waals surface area contributed by atoms with Crippen LogP contribution in [0.3, 0.4) is 0 Å². The third kappa shape index (κ3) is 1.84. The van der Waals surface area contributed by atoms with E-state index in [4.69, 9.17) is 28.9 Å². The molecule has 0 spiro atoms. The van der Waals surface area contributed by atoms with Crippen LogP contribution in [0.4, 0.5) is 5.82 Å². The minimum absolute atomic E-state index is 0.391.